The van der Waals surface area contributed by atoms with Gasteiger partial charge in [0.05, 0.1) is 4.90 Å². The zero-order valence-electron chi connectivity index (χ0n) is 11.3. The molecule has 0 saturated carbocycles. The van der Waals surface area contributed by atoms with E-state index in [0.717, 1.165) is 4.88 Å². The van der Waals surface area contributed by atoms with Crippen LogP contribution >= 0.6 is 11.3 Å². The van der Waals surface area contributed by atoms with Gasteiger partial charge in [0.2, 0.25) is 10.0 Å². The van der Waals surface area contributed by atoms with Crippen LogP contribution in [0.15, 0.2) is 46.7 Å². The summed E-state index contributed by atoms with van der Waals surface area (Å²) < 4.78 is 27.0. The van der Waals surface area contributed by atoms with Crippen LogP contribution in [-0.4, -0.2) is 19.3 Å². The molecule has 1 aromatic heterocycles. The summed E-state index contributed by atoms with van der Waals surface area (Å²) in [6.07, 6.45) is 0. The van der Waals surface area contributed by atoms with Crippen molar-refractivity contribution in [3.63, 3.8) is 0 Å². The number of hydrogen-bond acceptors (Lipinski definition) is 4. The summed E-state index contributed by atoms with van der Waals surface area (Å²) in [4.78, 5) is 1.33. The molecule has 108 valence electrons. The van der Waals surface area contributed by atoms with Crippen molar-refractivity contribution in [2.24, 2.45) is 5.73 Å². The predicted molar refractivity (Wildman–Crippen MR) is 81.9 cm³/mol. The summed E-state index contributed by atoms with van der Waals surface area (Å²) in [5.41, 5.74) is 6.29. The van der Waals surface area contributed by atoms with Gasteiger partial charge in [0.15, 0.2) is 0 Å². The van der Waals surface area contributed by atoms with Crippen LogP contribution in [0, 0.1) is 0 Å². The van der Waals surface area contributed by atoms with E-state index in [1.54, 1.807) is 35.6 Å². The molecule has 0 spiro atoms. The molecule has 2 aromatic rings. The summed E-state index contributed by atoms with van der Waals surface area (Å²) in [6.45, 7) is 2.89. The fourth-order valence-electron chi connectivity index (χ4n) is 2.01. The van der Waals surface area contributed by atoms with E-state index in [1.165, 1.54) is 4.31 Å². The zero-order valence-corrected chi connectivity index (χ0v) is 13.0. The van der Waals surface area contributed by atoms with Crippen LogP contribution in [0.5, 0.6) is 0 Å². The first-order valence-corrected chi connectivity index (χ1v) is 8.72. The van der Waals surface area contributed by atoms with Crippen molar-refractivity contribution in [2.75, 3.05) is 6.54 Å². The molecule has 0 unspecified atom stereocenters. The lowest BCUT2D eigenvalue weighted by Gasteiger charge is -2.21. The Hall–Kier alpha value is -1.21. The van der Waals surface area contributed by atoms with Gasteiger partial charge in [0.1, 0.15) is 0 Å². The average Bonchev–Trinajstić information content (AvgIpc) is 2.97. The van der Waals surface area contributed by atoms with Gasteiger partial charge in [0.25, 0.3) is 0 Å². The molecular formula is C14H18N2O2S2. The van der Waals surface area contributed by atoms with E-state index in [0.29, 0.717) is 23.5 Å². The van der Waals surface area contributed by atoms with Crippen LogP contribution < -0.4 is 5.73 Å². The minimum absolute atomic E-state index is 0.214. The normalized spacial score (nSPS) is 11.9. The fraction of sp³-hybridized carbons (Fsp3) is 0.286. The smallest absolute Gasteiger partial charge is 0.243 e. The van der Waals surface area contributed by atoms with Crippen molar-refractivity contribution in [1.29, 1.82) is 0 Å². The molecular weight excluding hydrogens is 292 g/mol. The second-order valence-electron chi connectivity index (χ2n) is 4.32. The van der Waals surface area contributed by atoms with E-state index in [9.17, 15) is 8.42 Å². The highest BCUT2D eigenvalue weighted by Gasteiger charge is 2.25. The lowest BCUT2D eigenvalue weighted by Crippen LogP contribution is -2.31. The molecule has 20 heavy (non-hydrogen) atoms. The highest BCUT2D eigenvalue weighted by Crippen LogP contribution is 2.22. The van der Waals surface area contributed by atoms with Gasteiger partial charge in [-0.2, -0.15) is 4.31 Å². The lowest BCUT2D eigenvalue weighted by atomic mass is 10.2. The highest BCUT2D eigenvalue weighted by atomic mass is 32.2. The largest absolute Gasteiger partial charge is 0.326 e. The van der Waals surface area contributed by atoms with Gasteiger partial charge in [-0.1, -0.05) is 31.2 Å². The number of nitrogens with zero attached hydrogens (tertiary/aromatic N) is 1. The molecule has 0 saturated heterocycles. The quantitative estimate of drug-likeness (QED) is 0.891. The van der Waals surface area contributed by atoms with Crippen molar-refractivity contribution in [3.05, 3.63) is 52.2 Å². The average molecular weight is 310 g/mol. The van der Waals surface area contributed by atoms with E-state index in [1.807, 2.05) is 24.4 Å². The van der Waals surface area contributed by atoms with Crippen molar-refractivity contribution in [2.45, 2.75) is 24.9 Å². The Morgan fingerprint density at radius 2 is 1.95 bits per heavy atom. The van der Waals surface area contributed by atoms with Crippen molar-refractivity contribution >= 4 is 21.4 Å². The second-order valence-corrected chi connectivity index (χ2v) is 7.26. The molecule has 1 heterocycles. The summed E-state index contributed by atoms with van der Waals surface area (Å²) in [5, 5.41) is 1.95. The first-order valence-electron chi connectivity index (χ1n) is 6.40. The van der Waals surface area contributed by atoms with Crippen molar-refractivity contribution in [3.8, 4) is 0 Å². The fourth-order valence-corrected chi connectivity index (χ4v) is 4.47. The molecule has 2 rings (SSSR count). The van der Waals surface area contributed by atoms with E-state index < -0.39 is 10.0 Å². The Morgan fingerprint density at radius 1 is 1.20 bits per heavy atom. The summed E-state index contributed by atoms with van der Waals surface area (Å²) >= 11 is 1.56. The van der Waals surface area contributed by atoms with Crippen LogP contribution in [0.3, 0.4) is 0 Å². The van der Waals surface area contributed by atoms with Crippen LogP contribution in [0.1, 0.15) is 17.4 Å². The van der Waals surface area contributed by atoms with Gasteiger partial charge >= 0.3 is 0 Å². The monoisotopic (exact) mass is 310 g/mol. The molecule has 1 aromatic carbocycles. The van der Waals surface area contributed by atoms with Gasteiger partial charge in [-0.25, -0.2) is 8.42 Å². The summed E-state index contributed by atoms with van der Waals surface area (Å²) in [6, 6.07) is 10.8. The lowest BCUT2D eigenvalue weighted by molar-refractivity contribution is 0.426. The van der Waals surface area contributed by atoms with Gasteiger partial charge < -0.3 is 5.73 Å². The third-order valence-electron chi connectivity index (χ3n) is 3.08. The second kappa shape index (κ2) is 6.49. The molecule has 0 atom stereocenters. The van der Waals surface area contributed by atoms with Crippen LogP contribution in [0.2, 0.25) is 0 Å². The number of thiophene rings is 1. The Kier molecular flexibility index (Phi) is 4.93. The topological polar surface area (TPSA) is 63.4 Å². The maximum absolute atomic E-state index is 12.7. The van der Waals surface area contributed by atoms with Crippen molar-refractivity contribution < 1.29 is 8.42 Å². The molecule has 0 aliphatic carbocycles. The van der Waals surface area contributed by atoms with Gasteiger partial charge in [-0.15, -0.1) is 11.3 Å². The number of sulfonamides is 1. The van der Waals surface area contributed by atoms with E-state index in [2.05, 4.69) is 0 Å². The number of rotatable bonds is 6. The molecule has 0 amide bonds. The summed E-state index contributed by atoms with van der Waals surface area (Å²) in [7, 11) is -3.51. The summed E-state index contributed by atoms with van der Waals surface area (Å²) in [5.74, 6) is 0. The molecule has 0 aliphatic rings. The third kappa shape index (κ3) is 3.09. The van der Waals surface area contributed by atoms with Gasteiger partial charge in [0, 0.05) is 24.5 Å². The Balaban J connectivity index is 2.36. The molecule has 2 N–H and O–H groups in total. The van der Waals surface area contributed by atoms with Crippen molar-refractivity contribution in [1.82, 2.24) is 4.31 Å². The Morgan fingerprint density at radius 3 is 2.55 bits per heavy atom. The molecule has 4 nitrogen and oxygen atoms in total. The molecule has 0 fully saturated rings. The SMILES string of the molecule is CCN(Cc1cccs1)S(=O)(=O)c1ccccc1CN. The Labute approximate surface area is 123 Å². The maximum Gasteiger partial charge on any atom is 0.243 e. The van der Waals surface area contributed by atoms with E-state index >= 15 is 0 Å². The zero-order chi connectivity index (χ0) is 14.6. The van der Waals surface area contributed by atoms with E-state index in [4.69, 9.17) is 5.73 Å². The van der Waals surface area contributed by atoms with Gasteiger partial charge in [-0.3, -0.25) is 0 Å². The first-order chi connectivity index (χ1) is 9.59. The minimum Gasteiger partial charge on any atom is -0.326 e. The number of hydrogen-bond donors (Lipinski definition) is 1. The Bertz CT molecular complexity index is 652. The van der Waals surface area contributed by atoms with E-state index in [-0.39, 0.29) is 6.54 Å². The highest BCUT2D eigenvalue weighted by molar-refractivity contribution is 7.89. The minimum atomic E-state index is -3.51. The standard InChI is InChI=1S/C14H18N2O2S2/c1-2-16(11-13-7-5-9-19-13)20(17,18)14-8-4-3-6-12(14)10-15/h3-9H,2,10-11,15H2,1H3. The number of nitrogens with two attached hydrogens (primary N) is 1. The van der Waals surface area contributed by atoms with Gasteiger partial charge in [-0.05, 0) is 23.1 Å². The predicted octanol–water partition coefficient (Wildman–Crippen LogP) is 2.42. The van der Waals surface area contributed by atoms with Crippen LogP contribution in [-0.2, 0) is 23.1 Å². The maximum atomic E-state index is 12.7. The molecule has 0 radical (unpaired) electrons. The molecule has 0 aliphatic heterocycles. The molecule has 0 bridgehead atoms. The first kappa shape index (κ1) is 15.2. The van der Waals surface area contributed by atoms with Crippen LogP contribution in [0.4, 0.5) is 0 Å². The third-order valence-corrected chi connectivity index (χ3v) is 5.96. The number of benzene rings is 1. The van der Waals surface area contributed by atoms with Crippen LogP contribution in [0.25, 0.3) is 0 Å². The molecule has 6 heteroatoms.